The van der Waals surface area contributed by atoms with Crippen LogP contribution in [0.4, 0.5) is 0 Å². The summed E-state index contributed by atoms with van der Waals surface area (Å²) in [5, 5.41) is 3.79. The Balaban J connectivity index is 2.32. The van der Waals surface area contributed by atoms with E-state index in [0.29, 0.717) is 27.8 Å². The van der Waals surface area contributed by atoms with Crippen LogP contribution in [0.3, 0.4) is 0 Å². The topological polar surface area (TPSA) is 58.6 Å². The van der Waals surface area contributed by atoms with Crippen molar-refractivity contribution in [3.8, 4) is 5.75 Å². The Morgan fingerprint density at radius 1 is 1.00 bits per heavy atom. The predicted molar refractivity (Wildman–Crippen MR) is 130 cm³/mol. The molecule has 0 aliphatic heterocycles. The second kappa shape index (κ2) is 12.1. The van der Waals surface area contributed by atoms with E-state index in [4.69, 9.17) is 27.9 Å². The number of nitrogens with one attached hydrogen (secondary N) is 1. The van der Waals surface area contributed by atoms with Crippen LogP contribution in [0.5, 0.6) is 5.75 Å². The molecule has 1 N–H and O–H groups in total. The molecule has 0 saturated carbocycles. The van der Waals surface area contributed by atoms with Gasteiger partial charge in [0.1, 0.15) is 11.8 Å². The van der Waals surface area contributed by atoms with Gasteiger partial charge in [0, 0.05) is 28.2 Å². The van der Waals surface area contributed by atoms with Gasteiger partial charge in [0.2, 0.25) is 5.91 Å². The maximum absolute atomic E-state index is 13.4. The van der Waals surface area contributed by atoms with Crippen LogP contribution < -0.4 is 10.1 Å². The quantitative estimate of drug-likeness (QED) is 0.467. The summed E-state index contributed by atoms with van der Waals surface area (Å²) >= 11 is 12.7. The van der Waals surface area contributed by atoms with Gasteiger partial charge < -0.3 is 15.0 Å². The van der Waals surface area contributed by atoms with Crippen molar-refractivity contribution in [1.82, 2.24) is 10.2 Å². The van der Waals surface area contributed by atoms with E-state index < -0.39 is 6.04 Å². The molecule has 2 aromatic carbocycles. The lowest BCUT2D eigenvalue weighted by molar-refractivity contribution is -0.143. The van der Waals surface area contributed by atoms with Crippen molar-refractivity contribution >= 4 is 35.0 Å². The van der Waals surface area contributed by atoms with E-state index in [1.165, 1.54) is 4.90 Å². The van der Waals surface area contributed by atoms with E-state index >= 15 is 0 Å². The molecule has 7 heteroatoms. The summed E-state index contributed by atoms with van der Waals surface area (Å²) in [5.41, 5.74) is 1.62. The van der Waals surface area contributed by atoms with Crippen LogP contribution in [0, 0.1) is 0 Å². The Labute approximate surface area is 201 Å². The van der Waals surface area contributed by atoms with E-state index in [2.05, 4.69) is 19.2 Å². The number of amides is 2. The second-order valence-electron chi connectivity index (χ2n) is 8.29. The zero-order valence-electron chi connectivity index (χ0n) is 19.3. The number of para-hydroxylation sites is 1. The van der Waals surface area contributed by atoms with Gasteiger partial charge in [-0.25, -0.2) is 0 Å². The molecule has 0 heterocycles. The second-order valence-corrected chi connectivity index (χ2v) is 9.10. The summed E-state index contributed by atoms with van der Waals surface area (Å²) in [6.07, 6.45) is 0.439. The van der Waals surface area contributed by atoms with Crippen molar-refractivity contribution in [2.75, 3.05) is 6.61 Å². The number of rotatable bonds is 10. The largest absolute Gasteiger partial charge is 0.483 e. The number of ether oxygens (including phenoxy) is 1. The monoisotopic (exact) mass is 478 g/mol. The SMILES string of the molecule is CC[C@@H](C(=O)NC(C)C)N(Cc1c(Cl)cccc1Cl)C(=O)COc1ccccc1C(C)C. The summed E-state index contributed by atoms with van der Waals surface area (Å²) in [6.45, 7) is 9.68. The minimum absolute atomic E-state index is 0.0495. The Kier molecular flexibility index (Phi) is 9.85. The molecule has 5 nitrogen and oxygen atoms in total. The van der Waals surface area contributed by atoms with Crippen LogP contribution in [0.1, 0.15) is 58.1 Å². The van der Waals surface area contributed by atoms with Gasteiger partial charge in [-0.15, -0.1) is 0 Å². The maximum Gasteiger partial charge on any atom is 0.261 e. The Bertz CT molecular complexity index is 911. The van der Waals surface area contributed by atoms with Crippen molar-refractivity contribution in [2.45, 2.75) is 65.6 Å². The summed E-state index contributed by atoms with van der Waals surface area (Å²) < 4.78 is 5.91. The average molecular weight is 479 g/mol. The highest BCUT2D eigenvalue weighted by molar-refractivity contribution is 6.36. The van der Waals surface area contributed by atoms with Gasteiger partial charge in [-0.1, -0.05) is 68.2 Å². The number of carbonyl (C=O) groups excluding carboxylic acids is 2. The normalized spacial score (nSPS) is 12.0. The molecule has 0 fully saturated rings. The highest BCUT2D eigenvalue weighted by atomic mass is 35.5. The van der Waals surface area contributed by atoms with Gasteiger partial charge in [-0.2, -0.15) is 0 Å². The van der Waals surface area contributed by atoms with Crippen LogP contribution >= 0.6 is 23.2 Å². The van der Waals surface area contributed by atoms with Gasteiger partial charge in [0.05, 0.1) is 0 Å². The first-order valence-corrected chi connectivity index (χ1v) is 11.7. The molecule has 1 atom stereocenters. The molecule has 0 aromatic heterocycles. The molecule has 0 aliphatic carbocycles. The van der Waals surface area contributed by atoms with E-state index in [0.717, 1.165) is 5.56 Å². The standard InChI is InChI=1S/C25H32Cl2N2O3/c1-6-22(25(31)28-17(4)5)29(14-19-20(26)11-9-12-21(19)27)24(30)15-32-23-13-8-7-10-18(23)16(2)3/h7-13,16-17,22H,6,14-15H2,1-5H3,(H,28,31)/t22-/m0/s1. The van der Waals surface area contributed by atoms with E-state index in [-0.39, 0.29) is 36.9 Å². The number of hydrogen-bond donors (Lipinski definition) is 1. The molecule has 0 radical (unpaired) electrons. The fraction of sp³-hybridized carbons (Fsp3) is 0.440. The molecule has 0 saturated heterocycles. The average Bonchev–Trinajstić information content (AvgIpc) is 2.73. The van der Waals surface area contributed by atoms with Crippen LogP contribution in [-0.4, -0.2) is 35.4 Å². The van der Waals surface area contributed by atoms with Crippen LogP contribution in [0.2, 0.25) is 10.0 Å². The van der Waals surface area contributed by atoms with E-state index in [1.54, 1.807) is 18.2 Å². The molecular formula is C25H32Cl2N2O3. The number of halogens is 2. The van der Waals surface area contributed by atoms with Gasteiger partial charge in [-0.3, -0.25) is 9.59 Å². The number of nitrogens with zero attached hydrogens (tertiary/aromatic N) is 1. The number of hydrogen-bond acceptors (Lipinski definition) is 3. The lowest BCUT2D eigenvalue weighted by Gasteiger charge is -2.31. The van der Waals surface area contributed by atoms with Crippen LogP contribution in [0.25, 0.3) is 0 Å². The highest BCUT2D eigenvalue weighted by Crippen LogP contribution is 2.28. The molecule has 2 rings (SSSR count). The van der Waals surface area contributed by atoms with Crippen molar-refractivity contribution in [2.24, 2.45) is 0 Å². The molecule has 174 valence electrons. The maximum atomic E-state index is 13.4. The Hall–Kier alpha value is -2.24. The predicted octanol–water partition coefficient (Wildman–Crippen LogP) is 5.83. The lowest BCUT2D eigenvalue weighted by Crippen LogP contribution is -2.51. The van der Waals surface area contributed by atoms with Gasteiger partial charge >= 0.3 is 0 Å². The van der Waals surface area contributed by atoms with Gasteiger partial charge in [-0.05, 0) is 49.9 Å². The molecule has 0 unspecified atom stereocenters. The highest BCUT2D eigenvalue weighted by Gasteiger charge is 2.30. The molecule has 0 bridgehead atoms. The molecule has 2 aromatic rings. The summed E-state index contributed by atoms with van der Waals surface area (Å²) in [7, 11) is 0. The van der Waals surface area contributed by atoms with E-state index in [9.17, 15) is 9.59 Å². The third-order valence-electron chi connectivity index (χ3n) is 5.10. The molecule has 0 spiro atoms. The zero-order chi connectivity index (χ0) is 23.8. The van der Waals surface area contributed by atoms with Crippen LogP contribution in [-0.2, 0) is 16.1 Å². The lowest BCUT2D eigenvalue weighted by atomic mass is 10.0. The fourth-order valence-electron chi connectivity index (χ4n) is 3.47. The third kappa shape index (κ3) is 6.88. The summed E-state index contributed by atoms with van der Waals surface area (Å²) in [4.78, 5) is 27.7. The third-order valence-corrected chi connectivity index (χ3v) is 5.81. The minimum atomic E-state index is -0.679. The number of benzene rings is 2. The summed E-state index contributed by atoms with van der Waals surface area (Å²) in [6, 6.07) is 12.1. The fourth-order valence-corrected chi connectivity index (χ4v) is 3.98. The Morgan fingerprint density at radius 3 is 2.19 bits per heavy atom. The van der Waals surface area contributed by atoms with E-state index in [1.807, 2.05) is 45.0 Å². The first-order chi connectivity index (χ1) is 15.1. The van der Waals surface area contributed by atoms with Crippen molar-refractivity contribution in [1.29, 1.82) is 0 Å². The number of carbonyl (C=O) groups is 2. The van der Waals surface area contributed by atoms with Crippen molar-refractivity contribution in [3.05, 3.63) is 63.6 Å². The molecule has 0 aliphatic rings. The first kappa shape index (κ1) is 26.0. The van der Waals surface area contributed by atoms with Crippen LogP contribution in [0.15, 0.2) is 42.5 Å². The molecule has 32 heavy (non-hydrogen) atoms. The summed E-state index contributed by atoms with van der Waals surface area (Å²) in [5.74, 6) is 0.373. The van der Waals surface area contributed by atoms with Crippen molar-refractivity contribution < 1.29 is 14.3 Å². The molecular weight excluding hydrogens is 447 g/mol. The zero-order valence-corrected chi connectivity index (χ0v) is 20.8. The molecule has 2 amide bonds. The Morgan fingerprint density at radius 2 is 1.62 bits per heavy atom. The van der Waals surface area contributed by atoms with Gasteiger partial charge in [0.25, 0.3) is 5.91 Å². The minimum Gasteiger partial charge on any atom is -0.483 e. The van der Waals surface area contributed by atoms with Gasteiger partial charge in [0.15, 0.2) is 6.61 Å². The smallest absolute Gasteiger partial charge is 0.261 e. The van der Waals surface area contributed by atoms with Crippen molar-refractivity contribution in [3.63, 3.8) is 0 Å². The first-order valence-electron chi connectivity index (χ1n) is 10.9.